The normalized spacial score (nSPS) is 10.8. The van der Waals surface area contributed by atoms with Crippen molar-refractivity contribution >= 4 is 16.8 Å². The monoisotopic (exact) mass is 339 g/mol. The third kappa shape index (κ3) is 3.91. The lowest BCUT2D eigenvalue weighted by Crippen LogP contribution is -2.25. The highest BCUT2D eigenvalue weighted by atomic mass is 19.1. The molecule has 0 radical (unpaired) electrons. The van der Waals surface area contributed by atoms with Crippen molar-refractivity contribution in [3.8, 4) is 0 Å². The molecule has 0 bridgehead atoms. The molecule has 0 saturated heterocycles. The molecule has 1 amide bonds. The van der Waals surface area contributed by atoms with Crippen LogP contribution in [0.2, 0.25) is 0 Å². The van der Waals surface area contributed by atoms with Gasteiger partial charge in [0, 0.05) is 18.4 Å². The Morgan fingerprint density at radius 1 is 1.24 bits per heavy atom. The molecule has 5 nitrogen and oxygen atoms in total. The molecule has 0 aliphatic carbocycles. The van der Waals surface area contributed by atoms with E-state index in [2.05, 4.69) is 10.4 Å². The zero-order valence-corrected chi connectivity index (χ0v) is 13.8. The SMILES string of the molecule is Cc1cc(CNC(=O)CCn2ncc(=O)c3ccccc32)ccc1F. The predicted molar refractivity (Wildman–Crippen MR) is 93.6 cm³/mol. The number of aromatic nitrogens is 2. The van der Waals surface area contributed by atoms with E-state index in [4.69, 9.17) is 0 Å². The number of hydrogen-bond donors (Lipinski definition) is 1. The maximum Gasteiger partial charge on any atom is 0.222 e. The standard InChI is InChI=1S/C19H18FN3O2/c1-13-10-14(6-7-16(13)20)11-21-19(25)8-9-23-17-5-3-2-4-15(17)18(24)12-22-23/h2-7,10,12H,8-9,11H2,1H3,(H,21,25). The van der Waals surface area contributed by atoms with E-state index in [1.54, 1.807) is 35.9 Å². The average Bonchev–Trinajstić information content (AvgIpc) is 2.62. The van der Waals surface area contributed by atoms with Gasteiger partial charge in [-0.25, -0.2) is 4.39 Å². The number of nitrogens with zero attached hydrogens (tertiary/aromatic N) is 2. The van der Waals surface area contributed by atoms with Crippen LogP contribution in [0, 0.1) is 12.7 Å². The average molecular weight is 339 g/mol. The number of fused-ring (bicyclic) bond motifs is 1. The number of aryl methyl sites for hydroxylation is 2. The van der Waals surface area contributed by atoms with Crippen LogP contribution >= 0.6 is 0 Å². The fraction of sp³-hybridized carbons (Fsp3) is 0.211. The van der Waals surface area contributed by atoms with E-state index < -0.39 is 0 Å². The molecule has 1 N–H and O–H groups in total. The maximum atomic E-state index is 13.2. The van der Waals surface area contributed by atoms with Gasteiger partial charge in [-0.2, -0.15) is 5.10 Å². The Bertz CT molecular complexity index is 982. The third-order valence-corrected chi connectivity index (χ3v) is 4.02. The van der Waals surface area contributed by atoms with Gasteiger partial charge >= 0.3 is 0 Å². The predicted octanol–water partition coefficient (Wildman–Crippen LogP) is 2.55. The highest BCUT2D eigenvalue weighted by Gasteiger charge is 2.07. The molecule has 0 saturated carbocycles. The van der Waals surface area contributed by atoms with Crippen molar-refractivity contribution in [2.75, 3.05) is 0 Å². The van der Waals surface area contributed by atoms with Crippen molar-refractivity contribution in [1.82, 2.24) is 15.1 Å². The quantitative estimate of drug-likeness (QED) is 0.777. The number of carbonyl (C=O) groups is 1. The molecule has 2 aromatic carbocycles. The molecule has 0 spiro atoms. The molecule has 0 aliphatic heterocycles. The Kier molecular flexibility index (Phi) is 4.88. The van der Waals surface area contributed by atoms with E-state index in [0.717, 1.165) is 5.56 Å². The second-order valence-corrected chi connectivity index (χ2v) is 5.86. The van der Waals surface area contributed by atoms with Gasteiger partial charge < -0.3 is 5.32 Å². The lowest BCUT2D eigenvalue weighted by Gasteiger charge is -2.10. The van der Waals surface area contributed by atoms with E-state index in [-0.39, 0.29) is 23.6 Å². The minimum absolute atomic E-state index is 0.133. The molecule has 6 heteroatoms. The van der Waals surface area contributed by atoms with Gasteiger partial charge in [0.25, 0.3) is 0 Å². The van der Waals surface area contributed by atoms with Crippen molar-refractivity contribution < 1.29 is 9.18 Å². The van der Waals surface area contributed by atoms with Crippen LogP contribution in [0.3, 0.4) is 0 Å². The number of para-hydroxylation sites is 1. The van der Waals surface area contributed by atoms with Gasteiger partial charge in [-0.15, -0.1) is 0 Å². The van der Waals surface area contributed by atoms with Gasteiger partial charge in [0.05, 0.1) is 18.3 Å². The lowest BCUT2D eigenvalue weighted by atomic mass is 10.1. The Morgan fingerprint density at radius 3 is 2.84 bits per heavy atom. The van der Waals surface area contributed by atoms with E-state index >= 15 is 0 Å². The van der Waals surface area contributed by atoms with Gasteiger partial charge in [0.1, 0.15) is 5.82 Å². The van der Waals surface area contributed by atoms with Crippen LogP contribution in [0.25, 0.3) is 10.9 Å². The molecule has 3 aromatic rings. The van der Waals surface area contributed by atoms with E-state index in [1.165, 1.54) is 12.3 Å². The minimum Gasteiger partial charge on any atom is -0.352 e. The number of carbonyl (C=O) groups excluding carboxylic acids is 1. The molecular formula is C19H18FN3O2. The summed E-state index contributed by atoms with van der Waals surface area (Å²) in [6, 6.07) is 11.9. The van der Waals surface area contributed by atoms with E-state index in [9.17, 15) is 14.0 Å². The summed E-state index contributed by atoms with van der Waals surface area (Å²) in [4.78, 5) is 23.9. The number of rotatable bonds is 5. The van der Waals surface area contributed by atoms with Crippen LogP contribution in [0.1, 0.15) is 17.5 Å². The molecule has 128 valence electrons. The largest absolute Gasteiger partial charge is 0.352 e. The Balaban J connectivity index is 1.62. The number of hydrogen-bond acceptors (Lipinski definition) is 3. The second-order valence-electron chi connectivity index (χ2n) is 5.86. The van der Waals surface area contributed by atoms with E-state index in [1.807, 2.05) is 12.1 Å². The molecular weight excluding hydrogens is 321 g/mol. The zero-order chi connectivity index (χ0) is 17.8. The number of nitrogens with one attached hydrogen (secondary N) is 1. The van der Waals surface area contributed by atoms with Crippen molar-refractivity contribution in [1.29, 1.82) is 0 Å². The summed E-state index contributed by atoms with van der Waals surface area (Å²) in [6.07, 6.45) is 1.50. The first kappa shape index (κ1) is 16.8. The minimum atomic E-state index is -0.258. The van der Waals surface area contributed by atoms with Crippen molar-refractivity contribution in [2.45, 2.75) is 26.4 Å². The summed E-state index contributed by atoms with van der Waals surface area (Å²) >= 11 is 0. The van der Waals surface area contributed by atoms with Crippen LogP contribution in [-0.4, -0.2) is 15.7 Å². The molecule has 0 aliphatic rings. The number of amides is 1. The Morgan fingerprint density at radius 2 is 2.04 bits per heavy atom. The topological polar surface area (TPSA) is 64.0 Å². The highest BCUT2D eigenvalue weighted by Crippen LogP contribution is 2.10. The summed E-state index contributed by atoms with van der Waals surface area (Å²) in [5.74, 6) is -0.391. The molecule has 3 rings (SSSR count). The van der Waals surface area contributed by atoms with Gasteiger partial charge in [0.15, 0.2) is 0 Å². The highest BCUT2D eigenvalue weighted by molar-refractivity contribution is 5.79. The molecule has 1 aromatic heterocycles. The summed E-state index contributed by atoms with van der Waals surface area (Å²) in [5.41, 5.74) is 1.97. The number of benzene rings is 2. The van der Waals surface area contributed by atoms with Crippen molar-refractivity contribution in [3.63, 3.8) is 0 Å². The summed E-state index contributed by atoms with van der Waals surface area (Å²) in [7, 11) is 0. The maximum absolute atomic E-state index is 13.2. The Labute approximate surface area is 144 Å². The first-order valence-electron chi connectivity index (χ1n) is 8.01. The summed E-state index contributed by atoms with van der Waals surface area (Å²) in [6.45, 7) is 2.40. The van der Waals surface area contributed by atoms with Crippen molar-refractivity contribution in [3.05, 3.63) is 75.8 Å². The first-order valence-corrected chi connectivity index (χ1v) is 8.01. The fourth-order valence-electron chi connectivity index (χ4n) is 2.65. The fourth-order valence-corrected chi connectivity index (χ4v) is 2.65. The first-order chi connectivity index (χ1) is 12.0. The van der Waals surface area contributed by atoms with Crippen LogP contribution < -0.4 is 10.7 Å². The molecule has 1 heterocycles. The van der Waals surface area contributed by atoms with Crippen molar-refractivity contribution in [2.24, 2.45) is 0 Å². The lowest BCUT2D eigenvalue weighted by molar-refractivity contribution is -0.121. The third-order valence-electron chi connectivity index (χ3n) is 4.02. The van der Waals surface area contributed by atoms with E-state index in [0.29, 0.717) is 29.6 Å². The van der Waals surface area contributed by atoms with Crippen LogP contribution in [0.15, 0.2) is 53.5 Å². The molecule has 0 atom stereocenters. The van der Waals surface area contributed by atoms with Gasteiger partial charge in [-0.1, -0.05) is 24.3 Å². The molecule has 25 heavy (non-hydrogen) atoms. The molecule has 0 fully saturated rings. The smallest absolute Gasteiger partial charge is 0.222 e. The van der Waals surface area contributed by atoms with Gasteiger partial charge in [0.2, 0.25) is 11.3 Å². The van der Waals surface area contributed by atoms with Crippen LogP contribution in [0.4, 0.5) is 4.39 Å². The zero-order valence-electron chi connectivity index (χ0n) is 13.8. The summed E-state index contributed by atoms with van der Waals surface area (Å²) < 4.78 is 14.9. The van der Waals surface area contributed by atoms with Gasteiger partial charge in [-0.05, 0) is 36.2 Å². The van der Waals surface area contributed by atoms with Gasteiger partial charge in [-0.3, -0.25) is 14.3 Å². The second kappa shape index (κ2) is 7.25. The summed E-state index contributed by atoms with van der Waals surface area (Å²) in [5, 5.41) is 7.49. The number of halogens is 1. The Hall–Kier alpha value is -3.02. The van der Waals surface area contributed by atoms with Crippen LogP contribution in [0.5, 0.6) is 0 Å². The van der Waals surface area contributed by atoms with Crippen LogP contribution in [-0.2, 0) is 17.9 Å². The molecule has 0 unspecified atom stereocenters.